The summed E-state index contributed by atoms with van der Waals surface area (Å²) in [5, 5.41) is 4.68. The first kappa shape index (κ1) is 12.0. The van der Waals surface area contributed by atoms with Gasteiger partial charge >= 0.3 is 0 Å². The SMILES string of the molecule is CCc1ncc(CNCC2CCCCO2)s1. The van der Waals surface area contributed by atoms with E-state index in [1.165, 1.54) is 29.1 Å². The van der Waals surface area contributed by atoms with E-state index in [4.69, 9.17) is 4.74 Å². The van der Waals surface area contributed by atoms with E-state index in [2.05, 4.69) is 17.2 Å². The number of ether oxygens (including phenoxy) is 1. The van der Waals surface area contributed by atoms with Crippen LogP contribution < -0.4 is 5.32 Å². The third-order valence-corrected chi connectivity index (χ3v) is 3.99. The Morgan fingerprint density at radius 2 is 2.50 bits per heavy atom. The third kappa shape index (κ3) is 3.54. The molecule has 0 spiro atoms. The number of hydrogen-bond donors (Lipinski definition) is 1. The summed E-state index contributed by atoms with van der Waals surface area (Å²) in [4.78, 5) is 5.67. The number of rotatable bonds is 5. The zero-order valence-corrected chi connectivity index (χ0v) is 10.7. The molecule has 0 aliphatic carbocycles. The van der Waals surface area contributed by atoms with Gasteiger partial charge in [-0.05, 0) is 25.7 Å². The summed E-state index contributed by atoms with van der Waals surface area (Å²) in [6, 6.07) is 0. The van der Waals surface area contributed by atoms with Crippen molar-refractivity contribution < 1.29 is 4.74 Å². The second kappa shape index (κ2) is 6.33. The minimum Gasteiger partial charge on any atom is -0.377 e. The van der Waals surface area contributed by atoms with Gasteiger partial charge in [0.25, 0.3) is 0 Å². The molecule has 0 saturated carbocycles. The minimum absolute atomic E-state index is 0.423. The van der Waals surface area contributed by atoms with Crippen LogP contribution in [-0.4, -0.2) is 24.2 Å². The van der Waals surface area contributed by atoms with Crippen LogP contribution in [0.2, 0.25) is 0 Å². The molecule has 3 nitrogen and oxygen atoms in total. The molecule has 90 valence electrons. The van der Waals surface area contributed by atoms with Gasteiger partial charge in [-0.15, -0.1) is 11.3 Å². The second-order valence-electron chi connectivity index (χ2n) is 4.19. The van der Waals surface area contributed by atoms with Crippen LogP contribution in [0.4, 0.5) is 0 Å². The van der Waals surface area contributed by atoms with Gasteiger partial charge in [0.1, 0.15) is 0 Å². The third-order valence-electron chi connectivity index (χ3n) is 2.85. The highest BCUT2D eigenvalue weighted by Gasteiger charge is 2.12. The van der Waals surface area contributed by atoms with E-state index < -0.39 is 0 Å². The summed E-state index contributed by atoms with van der Waals surface area (Å²) in [6.07, 6.45) is 7.19. The highest BCUT2D eigenvalue weighted by Crippen LogP contribution is 2.14. The van der Waals surface area contributed by atoms with Gasteiger partial charge < -0.3 is 10.1 Å². The predicted molar refractivity (Wildman–Crippen MR) is 66.8 cm³/mol. The van der Waals surface area contributed by atoms with E-state index in [9.17, 15) is 0 Å². The molecule has 1 aromatic heterocycles. The summed E-state index contributed by atoms with van der Waals surface area (Å²) >= 11 is 1.81. The van der Waals surface area contributed by atoms with Gasteiger partial charge in [0.2, 0.25) is 0 Å². The molecule has 0 amide bonds. The molecule has 1 atom stereocenters. The van der Waals surface area contributed by atoms with Crippen molar-refractivity contribution in [2.75, 3.05) is 13.2 Å². The highest BCUT2D eigenvalue weighted by atomic mass is 32.1. The molecule has 0 bridgehead atoms. The zero-order chi connectivity index (χ0) is 11.2. The quantitative estimate of drug-likeness (QED) is 0.858. The molecule has 1 unspecified atom stereocenters. The molecule has 1 fully saturated rings. The van der Waals surface area contributed by atoms with E-state index in [1.54, 1.807) is 11.3 Å². The maximum atomic E-state index is 5.67. The van der Waals surface area contributed by atoms with Gasteiger partial charge in [-0.25, -0.2) is 4.98 Å². The van der Waals surface area contributed by atoms with Gasteiger partial charge in [-0.1, -0.05) is 6.92 Å². The van der Waals surface area contributed by atoms with Crippen molar-refractivity contribution in [1.29, 1.82) is 0 Å². The number of aromatic nitrogens is 1. The first-order chi connectivity index (χ1) is 7.88. The van der Waals surface area contributed by atoms with Gasteiger partial charge in [0.05, 0.1) is 11.1 Å². The molecule has 16 heavy (non-hydrogen) atoms. The van der Waals surface area contributed by atoms with Gasteiger partial charge in [-0.3, -0.25) is 0 Å². The summed E-state index contributed by atoms with van der Waals surface area (Å²) in [6.45, 7) is 4.98. The van der Waals surface area contributed by atoms with E-state index in [1.807, 2.05) is 6.20 Å². The van der Waals surface area contributed by atoms with Crippen molar-refractivity contribution in [2.24, 2.45) is 0 Å². The normalized spacial score (nSPS) is 21.2. The van der Waals surface area contributed by atoms with Crippen LogP contribution in [0.3, 0.4) is 0 Å². The molecular weight excluding hydrogens is 220 g/mol. The van der Waals surface area contributed by atoms with Crippen LogP contribution in [0.1, 0.15) is 36.1 Å². The Kier molecular flexibility index (Phi) is 4.75. The zero-order valence-electron chi connectivity index (χ0n) is 9.87. The predicted octanol–water partition coefficient (Wildman–Crippen LogP) is 2.36. The van der Waals surface area contributed by atoms with Crippen molar-refractivity contribution in [1.82, 2.24) is 10.3 Å². The fraction of sp³-hybridized carbons (Fsp3) is 0.750. The minimum atomic E-state index is 0.423. The Balaban J connectivity index is 1.66. The summed E-state index contributed by atoms with van der Waals surface area (Å²) in [5.41, 5.74) is 0. The lowest BCUT2D eigenvalue weighted by Crippen LogP contribution is -2.31. The van der Waals surface area contributed by atoms with Crippen molar-refractivity contribution in [3.05, 3.63) is 16.1 Å². The van der Waals surface area contributed by atoms with Crippen molar-refractivity contribution in [3.63, 3.8) is 0 Å². The second-order valence-corrected chi connectivity index (χ2v) is 5.39. The van der Waals surface area contributed by atoms with Crippen molar-refractivity contribution in [3.8, 4) is 0 Å². The first-order valence-electron chi connectivity index (χ1n) is 6.14. The van der Waals surface area contributed by atoms with Crippen LogP contribution in [0.5, 0.6) is 0 Å². The maximum Gasteiger partial charge on any atom is 0.0925 e. The van der Waals surface area contributed by atoms with Gasteiger partial charge in [0, 0.05) is 30.8 Å². The number of aryl methyl sites for hydroxylation is 1. The van der Waals surface area contributed by atoms with Gasteiger partial charge in [-0.2, -0.15) is 0 Å². The molecule has 1 aromatic rings. The van der Waals surface area contributed by atoms with Gasteiger partial charge in [0.15, 0.2) is 0 Å². The Labute approximate surface area is 101 Å². The van der Waals surface area contributed by atoms with Crippen LogP contribution >= 0.6 is 11.3 Å². The maximum absolute atomic E-state index is 5.67. The molecule has 0 aromatic carbocycles. The molecule has 1 N–H and O–H groups in total. The molecule has 1 saturated heterocycles. The van der Waals surface area contributed by atoms with Crippen molar-refractivity contribution in [2.45, 2.75) is 45.3 Å². The lowest BCUT2D eigenvalue weighted by Gasteiger charge is -2.22. The molecule has 1 aliphatic rings. The smallest absolute Gasteiger partial charge is 0.0925 e. The number of nitrogens with zero attached hydrogens (tertiary/aromatic N) is 1. The van der Waals surface area contributed by atoms with Crippen molar-refractivity contribution >= 4 is 11.3 Å². The Bertz CT molecular complexity index is 308. The lowest BCUT2D eigenvalue weighted by molar-refractivity contribution is 0.0168. The van der Waals surface area contributed by atoms with E-state index >= 15 is 0 Å². The van der Waals surface area contributed by atoms with Crippen LogP contribution in [0.25, 0.3) is 0 Å². The monoisotopic (exact) mass is 240 g/mol. The molecule has 2 rings (SSSR count). The Hall–Kier alpha value is -0.450. The number of thiazole rings is 1. The summed E-state index contributed by atoms with van der Waals surface area (Å²) in [5.74, 6) is 0. The fourth-order valence-corrected chi connectivity index (χ4v) is 2.75. The molecule has 4 heteroatoms. The summed E-state index contributed by atoms with van der Waals surface area (Å²) in [7, 11) is 0. The fourth-order valence-electron chi connectivity index (χ4n) is 1.92. The van der Waals surface area contributed by atoms with E-state index in [0.29, 0.717) is 6.10 Å². The van der Waals surface area contributed by atoms with Crippen LogP contribution in [0, 0.1) is 0 Å². The summed E-state index contributed by atoms with van der Waals surface area (Å²) < 4.78 is 5.67. The Morgan fingerprint density at radius 3 is 3.19 bits per heavy atom. The standard InChI is InChI=1S/C12H20N2OS/c1-2-12-14-9-11(16-12)8-13-7-10-5-3-4-6-15-10/h9-10,13H,2-8H2,1H3. The van der Waals surface area contributed by atoms with Crippen LogP contribution in [0.15, 0.2) is 6.20 Å². The molecule has 2 heterocycles. The lowest BCUT2D eigenvalue weighted by atomic mass is 10.1. The largest absolute Gasteiger partial charge is 0.377 e. The first-order valence-corrected chi connectivity index (χ1v) is 6.96. The Morgan fingerprint density at radius 1 is 1.56 bits per heavy atom. The van der Waals surface area contributed by atoms with E-state index in [0.717, 1.165) is 26.1 Å². The topological polar surface area (TPSA) is 34.2 Å². The van der Waals surface area contributed by atoms with E-state index in [-0.39, 0.29) is 0 Å². The molecular formula is C12H20N2OS. The van der Waals surface area contributed by atoms with Crippen LogP contribution in [-0.2, 0) is 17.7 Å². The number of nitrogens with one attached hydrogen (secondary N) is 1. The number of hydrogen-bond acceptors (Lipinski definition) is 4. The average Bonchev–Trinajstić information content (AvgIpc) is 2.78. The average molecular weight is 240 g/mol. The molecule has 0 radical (unpaired) electrons. The highest BCUT2D eigenvalue weighted by molar-refractivity contribution is 7.11. The molecule has 1 aliphatic heterocycles.